The quantitative estimate of drug-likeness (QED) is 0.515. The Morgan fingerprint density at radius 3 is 1.31 bits per heavy atom. The summed E-state index contributed by atoms with van der Waals surface area (Å²) in [5.41, 5.74) is -0.474. The van der Waals surface area contributed by atoms with Gasteiger partial charge in [-0.2, -0.15) is 0 Å². The second-order valence-corrected chi connectivity index (χ2v) is 2.73. The molecule has 0 heterocycles. The minimum Gasteiger partial charge on any atom is -0.478 e. The van der Waals surface area contributed by atoms with Gasteiger partial charge in [-0.3, -0.25) is 4.79 Å². The molecule has 0 rings (SSSR count). The molecule has 0 unspecified atom stereocenters. The molecule has 0 saturated carbocycles. The molecular weight excluding hydrogens is 212 g/mol. The molecule has 5 heteroatoms. The Morgan fingerprint density at radius 1 is 0.750 bits per heavy atom. The Kier molecular flexibility index (Phi) is 5.20. The molecule has 5 nitrogen and oxygen atoms in total. The van der Waals surface area contributed by atoms with Crippen LogP contribution in [0.15, 0.2) is 48.6 Å². The Hall–Kier alpha value is -2.43. The maximum atomic E-state index is 11.1. The average molecular weight is 222 g/mol. The number of carboxylic acid groups (broad SMARTS) is 2. The molecule has 0 atom stereocenters. The van der Waals surface area contributed by atoms with Crippen molar-refractivity contribution in [3.8, 4) is 0 Å². The number of rotatable bonds is 6. The summed E-state index contributed by atoms with van der Waals surface area (Å²) in [7, 11) is 0. The summed E-state index contributed by atoms with van der Waals surface area (Å²) in [5, 5.41) is 16.8. The van der Waals surface area contributed by atoms with Crippen LogP contribution < -0.4 is 0 Å². The van der Waals surface area contributed by atoms with Gasteiger partial charge in [-0.25, -0.2) is 9.59 Å². The normalized spacial score (nSPS) is 10.5. The van der Waals surface area contributed by atoms with Gasteiger partial charge < -0.3 is 10.2 Å². The lowest BCUT2D eigenvalue weighted by atomic mass is 10.2. The molecule has 0 saturated heterocycles. The lowest BCUT2D eigenvalue weighted by molar-refractivity contribution is -0.133. The molecule has 0 aromatic carbocycles. The fourth-order valence-corrected chi connectivity index (χ4v) is 0.564. The summed E-state index contributed by atoms with van der Waals surface area (Å²) in [6.45, 7) is 6.35. The summed E-state index contributed by atoms with van der Waals surface area (Å²) in [5.74, 6) is -3.02. The van der Waals surface area contributed by atoms with Gasteiger partial charge in [-0.1, -0.05) is 13.2 Å². The molecule has 16 heavy (non-hydrogen) atoms. The molecule has 0 aromatic rings. The van der Waals surface area contributed by atoms with E-state index in [1.807, 2.05) is 0 Å². The molecule has 0 aromatic heterocycles. The number of carbonyl (C=O) groups excluding carboxylic acids is 1. The zero-order valence-electron chi connectivity index (χ0n) is 8.34. The maximum Gasteiger partial charge on any atom is 0.335 e. The van der Waals surface area contributed by atoms with E-state index in [1.54, 1.807) is 0 Å². The molecule has 0 amide bonds. The van der Waals surface area contributed by atoms with Gasteiger partial charge in [0.05, 0.1) is 11.1 Å². The minimum atomic E-state index is -1.23. The van der Waals surface area contributed by atoms with Crippen molar-refractivity contribution >= 4 is 17.7 Å². The zero-order valence-corrected chi connectivity index (χ0v) is 8.34. The van der Waals surface area contributed by atoms with Crippen LogP contribution in [0.5, 0.6) is 0 Å². The summed E-state index contributed by atoms with van der Waals surface area (Å²) in [4.78, 5) is 31.6. The van der Waals surface area contributed by atoms with Gasteiger partial charge in [0.2, 0.25) is 0 Å². The molecule has 0 aliphatic rings. The standard InChI is InChI=1S/C11H10O5/c1-7(10(13)14)3-5-9(12)6-4-8(2)11(15)16/h3-6H,1-2H2,(H,13,14)(H,15,16). The number of ketones is 1. The number of carbonyl (C=O) groups is 3. The van der Waals surface area contributed by atoms with Gasteiger partial charge in [0.1, 0.15) is 0 Å². The highest BCUT2D eigenvalue weighted by Crippen LogP contribution is 1.96. The van der Waals surface area contributed by atoms with E-state index in [0.29, 0.717) is 0 Å². The van der Waals surface area contributed by atoms with Crippen LogP contribution in [0, 0.1) is 0 Å². The first kappa shape index (κ1) is 13.6. The van der Waals surface area contributed by atoms with Crippen molar-refractivity contribution in [3.05, 3.63) is 48.6 Å². The highest BCUT2D eigenvalue weighted by molar-refractivity contribution is 6.02. The number of carboxylic acids is 2. The van der Waals surface area contributed by atoms with Gasteiger partial charge >= 0.3 is 11.9 Å². The van der Waals surface area contributed by atoms with Gasteiger partial charge in [0, 0.05) is 0 Å². The molecule has 2 N–H and O–H groups in total. The predicted octanol–water partition coefficient (Wildman–Crippen LogP) is 0.950. The highest BCUT2D eigenvalue weighted by Gasteiger charge is 2.00. The van der Waals surface area contributed by atoms with E-state index >= 15 is 0 Å². The summed E-state index contributed by atoms with van der Waals surface area (Å²) >= 11 is 0. The van der Waals surface area contributed by atoms with E-state index in [0.717, 1.165) is 24.3 Å². The lowest BCUT2D eigenvalue weighted by Crippen LogP contribution is -1.98. The van der Waals surface area contributed by atoms with E-state index in [4.69, 9.17) is 10.2 Å². The third-order valence-electron chi connectivity index (χ3n) is 1.45. The van der Waals surface area contributed by atoms with Gasteiger partial charge in [0.15, 0.2) is 5.78 Å². The second-order valence-electron chi connectivity index (χ2n) is 2.73. The molecule has 0 aliphatic heterocycles. The van der Waals surface area contributed by atoms with Gasteiger partial charge in [0.25, 0.3) is 0 Å². The molecule has 0 fully saturated rings. The van der Waals surface area contributed by atoms with Crippen LogP contribution in [0.25, 0.3) is 0 Å². The van der Waals surface area contributed by atoms with E-state index in [1.165, 1.54) is 0 Å². The van der Waals surface area contributed by atoms with Crippen molar-refractivity contribution in [2.45, 2.75) is 0 Å². The first-order valence-corrected chi connectivity index (χ1v) is 4.09. The Labute approximate surface area is 91.7 Å². The van der Waals surface area contributed by atoms with E-state index in [9.17, 15) is 14.4 Å². The van der Waals surface area contributed by atoms with Gasteiger partial charge in [-0.15, -0.1) is 0 Å². The van der Waals surface area contributed by atoms with Crippen molar-refractivity contribution in [2.75, 3.05) is 0 Å². The fraction of sp³-hybridized carbons (Fsp3) is 0. The third-order valence-corrected chi connectivity index (χ3v) is 1.45. The van der Waals surface area contributed by atoms with Crippen LogP contribution in [0.2, 0.25) is 0 Å². The number of allylic oxidation sites excluding steroid dienone is 2. The smallest absolute Gasteiger partial charge is 0.335 e. The van der Waals surface area contributed by atoms with E-state index in [2.05, 4.69) is 13.2 Å². The number of aliphatic carboxylic acids is 2. The molecule has 0 aliphatic carbocycles. The number of hydrogen-bond acceptors (Lipinski definition) is 3. The van der Waals surface area contributed by atoms with Crippen LogP contribution >= 0.6 is 0 Å². The van der Waals surface area contributed by atoms with Crippen LogP contribution in [-0.2, 0) is 14.4 Å². The van der Waals surface area contributed by atoms with Crippen LogP contribution in [-0.4, -0.2) is 27.9 Å². The highest BCUT2D eigenvalue weighted by atomic mass is 16.4. The second kappa shape index (κ2) is 6.13. The lowest BCUT2D eigenvalue weighted by Gasteiger charge is -1.89. The summed E-state index contributed by atoms with van der Waals surface area (Å²) in [6, 6.07) is 0. The monoisotopic (exact) mass is 222 g/mol. The molecule has 84 valence electrons. The maximum absolute atomic E-state index is 11.1. The van der Waals surface area contributed by atoms with Crippen molar-refractivity contribution in [1.29, 1.82) is 0 Å². The van der Waals surface area contributed by atoms with Crippen molar-refractivity contribution in [1.82, 2.24) is 0 Å². The largest absolute Gasteiger partial charge is 0.478 e. The first-order chi connectivity index (χ1) is 7.34. The Balaban J connectivity index is 4.40. The van der Waals surface area contributed by atoms with Crippen molar-refractivity contribution in [2.24, 2.45) is 0 Å². The van der Waals surface area contributed by atoms with Gasteiger partial charge in [-0.05, 0) is 24.3 Å². The van der Waals surface area contributed by atoms with Crippen LogP contribution in [0.4, 0.5) is 0 Å². The SMILES string of the molecule is C=C(C=CC(=O)C=CC(=C)C(=O)O)C(=O)O. The van der Waals surface area contributed by atoms with E-state index < -0.39 is 17.7 Å². The molecular formula is C11H10O5. The first-order valence-electron chi connectivity index (χ1n) is 4.09. The van der Waals surface area contributed by atoms with Crippen LogP contribution in [0.3, 0.4) is 0 Å². The topological polar surface area (TPSA) is 91.7 Å². The third kappa shape index (κ3) is 5.33. The van der Waals surface area contributed by atoms with Crippen molar-refractivity contribution < 1.29 is 24.6 Å². The molecule has 0 radical (unpaired) electrons. The summed E-state index contributed by atoms with van der Waals surface area (Å²) < 4.78 is 0. The fourth-order valence-electron chi connectivity index (χ4n) is 0.564. The average Bonchev–Trinajstić information content (AvgIpc) is 2.21. The molecule has 0 bridgehead atoms. The van der Waals surface area contributed by atoms with Crippen molar-refractivity contribution in [3.63, 3.8) is 0 Å². The zero-order chi connectivity index (χ0) is 12.7. The molecule has 0 spiro atoms. The number of hydrogen-bond donors (Lipinski definition) is 2. The Bertz CT molecular complexity index is 374. The Morgan fingerprint density at radius 2 is 1.06 bits per heavy atom. The summed E-state index contributed by atoms with van der Waals surface area (Å²) in [6.07, 6.45) is 4.00. The minimum absolute atomic E-state index is 0.237. The van der Waals surface area contributed by atoms with Crippen LogP contribution in [0.1, 0.15) is 0 Å². The predicted molar refractivity (Wildman–Crippen MR) is 56.8 cm³/mol. The van der Waals surface area contributed by atoms with E-state index in [-0.39, 0.29) is 11.1 Å².